The second-order valence-corrected chi connectivity index (χ2v) is 6.92. The summed E-state index contributed by atoms with van der Waals surface area (Å²) in [5.74, 6) is 0.718. The number of nitrogens with one attached hydrogen (secondary N) is 2. The van der Waals surface area contributed by atoms with E-state index < -0.39 is 6.04 Å². The van der Waals surface area contributed by atoms with Crippen molar-refractivity contribution < 1.29 is 14.3 Å². The smallest absolute Gasteiger partial charge is 0.258 e. The zero-order chi connectivity index (χ0) is 18.8. The summed E-state index contributed by atoms with van der Waals surface area (Å²) in [6.07, 6.45) is 2.47. The van der Waals surface area contributed by atoms with Gasteiger partial charge in [0.1, 0.15) is 11.8 Å². The van der Waals surface area contributed by atoms with E-state index in [9.17, 15) is 9.59 Å². The fourth-order valence-corrected chi connectivity index (χ4v) is 2.86. The lowest BCUT2D eigenvalue weighted by molar-refractivity contribution is -0.127. The molecule has 0 fully saturated rings. The predicted molar refractivity (Wildman–Crippen MR) is 107 cm³/mol. The molecule has 0 aliphatic rings. The fourth-order valence-electron chi connectivity index (χ4n) is 2.20. The average Bonchev–Trinajstić information content (AvgIpc) is 2.64. The van der Waals surface area contributed by atoms with E-state index in [0.29, 0.717) is 22.9 Å². The second-order valence-electron chi connectivity index (χ2n) is 5.50. The maximum Gasteiger partial charge on any atom is 0.258 e. The summed E-state index contributed by atoms with van der Waals surface area (Å²) in [6.45, 7) is -0.149. The van der Waals surface area contributed by atoms with Gasteiger partial charge in [0.15, 0.2) is 6.61 Å². The normalized spacial score (nSPS) is 11.5. The monoisotopic (exact) mass is 392 g/mol. The molecule has 2 N–H and O–H groups in total. The van der Waals surface area contributed by atoms with E-state index in [1.54, 1.807) is 48.2 Å². The van der Waals surface area contributed by atoms with Crippen LogP contribution in [0.4, 0.5) is 5.69 Å². The van der Waals surface area contributed by atoms with Crippen LogP contribution < -0.4 is 15.4 Å². The third-order valence-electron chi connectivity index (χ3n) is 3.47. The third kappa shape index (κ3) is 6.98. The number of amides is 2. The lowest BCUT2D eigenvalue weighted by Gasteiger charge is -2.18. The van der Waals surface area contributed by atoms with Crippen LogP contribution in [0.25, 0.3) is 0 Å². The Balaban J connectivity index is 1.92. The molecule has 7 heteroatoms. The van der Waals surface area contributed by atoms with E-state index in [2.05, 4.69) is 10.6 Å². The molecule has 0 saturated carbocycles. The van der Waals surface area contributed by atoms with Crippen molar-refractivity contribution in [2.45, 2.75) is 12.5 Å². The molecule has 2 aromatic rings. The standard InChI is InChI=1S/C19H21ClN2O3S/c1-26-11-10-17(19(24)21-15-7-5-6-14(20)12-15)22-18(23)13-25-16-8-3-2-4-9-16/h2-9,12,17H,10-11,13H2,1H3,(H,21,24)(H,22,23). The molecule has 0 spiro atoms. The van der Waals surface area contributed by atoms with E-state index in [-0.39, 0.29) is 18.4 Å². The van der Waals surface area contributed by atoms with Crippen molar-refractivity contribution in [3.63, 3.8) is 0 Å². The van der Waals surface area contributed by atoms with Crippen molar-refractivity contribution in [1.29, 1.82) is 0 Å². The molecule has 0 radical (unpaired) electrons. The first-order valence-corrected chi connectivity index (χ1v) is 9.88. The van der Waals surface area contributed by atoms with Gasteiger partial charge in [-0.2, -0.15) is 11.8 Å². The average molecular weight is 393 g/mol. The number of benzene rings is 2. The van der Waals surface area contributed by atoms with Crippen LogP contribution in [-0.4, -0.2) is 36.5 Å². The van der Waals surface area contributed by atoms with Crippen LogP contribution >= 0.6 is 23.4 Å². The van der Waals surface area contributed by atoms with E-state index in [4.69, 9.17) is 16.3 Å². The number of thioether (sulfide) groups is 1. The molecule has 138 valence electrons. The second kappa shape index (κ2) is 10.7. The lowest BCUT2D eigenvalue weighted by Crippen LogP contribution is -2.45. The molecule has 1 unspecified atom stereocenters. The Morgan fingerprint density at radius 3 is 2.62 bits per heavy atom. The lowest BCUT2D eigenvalue weighted by atomic mass is 10.2. The van der Waals surface area contributed by atoms with Gasteiger partial charge in [-0.25, -0.2) is 0 Å². The van der Waals surface area contributed by atoms with Gasteiger partial charge in [-0.05, 0) is 48.8 Å². The topological polar surface area (TPSA) is 67.4 Å². The molecule has 5 nitrogen and oxygen atoms in total. The molecule has 2 rings (SSSR count). The Morgan fingerprint density at radius 2 is 1.92 bits per heavy atom. The summed E-state index contributed by atoms with van der Waals surface area (Å²) in [6, 6.07) is 15.3. The van der Waals surface area contributed by atoms with Crippen LogP contribution in [0.3, 0.4) is 0 Å². The van der Waals surface area contributed by atoms with Crippen molar-refractivity contribution in [1.82, 2.24) is 5.32 Å². The summed E-state index contributed by atoms with van der Waals surface area (Å²) in [7, 11) is 0. The Bertz CT molecular complexity index is 728. The molecule has 0 saturated heterocycles. The van der Waals surface area contributed by atoms with Gasteiger partial charge in [0, 0.05) is 10.7 Å². The highest BCUT2D eigenvalue weighted by atomic mass is 35.5. The Kier molecular flexibility index (Phi) is 8.31. The first-order chi connectivity index (χ1) is 12.6. The van der Waals surface area contributed by atoms with Crippen LogP contribution in [0.15, 0.2) is 54.6 Å². The number of ether oxygens (including phenoxy) is 1. The first-order valence-electron chi connectivity index (χ1n) is 8.11. The zero-order valence-corrected chi connectivity index (χ0v) is 16.0. The molecule has 2 amide bonds. The molecule has 0 aliphatic heterocycles. The summed E-state index contributed by atoms with van der Waals surface area (Å²) < 4.78 is 5.42. The Morgan fingerprint density at radius 1 is 1.15 bits per heavy atom. The van der Waals surface area contributed by atoms with E-state index in [0.717, 1.165) is 5.75 Å². The van der Waals surface area contributed by atoms with Gasteiger partial charge >= 0.3 is 0 Å². The maximum atomic E-state index is 12.5. The van der Waals surface area contributed by atoms with Gasteiger partial charge in [0.2, 0.25) is 5.91 Å². The molecular formula is C19H21ClN2O3S. The third-order valence-corrected chi connectivity index (χ3v) is 4.35. The number of para-hydroxylation sites is 1. The molecule has 0 heterocycles. The molecule has 2 aromatic carbocycles. The van der Waals surface area contributed by atoms with Crippen molar-refractivity contribution in [2.75, 3.05) is 23.9 Å². The van der Waals surface area contributed by atoms with E-state index >= 15 is 0 Å². The van der Waals surface area contributed by atoms with Crippen molar-refractivity contribution >= 4 is 40.9 Å². The minimum atomic E-state index is -0.645. The zero-order valence-electron chi connectivity index (χ0n) is 14.4. The predicted octanol–water partition coefficient (Wildman–Crippen LogP) is 3.60. The molecule has 0 aliphatic carbocycles. The molecule has 1 atom stereocenters. The number of carbonyl (C=O) groups is 2. The van der Waals surface area contributed by atoms with Gasteiger partial charge in [0.05, 0.1) is 0 Å². The quantitative estimate of drug-likeness (QED) is 0.684. The summed E-state index contributed by atoms with van der Waals surface area (Å²) in [4.78, 5) is 24.7. The fraction of sp³-hybridized carbons (Fsp3) is 0.263. The van der Waals surface area contributed by atoms with Gasteiger partial charge in [-0.1, -0.05) is 35.9 Å². The molecular weight excluding hydrogens is 372 g/mol. The molecule has 0 aromatic heterocycles. The van der Waals surface area contributed by atoms with E-state index in [1.807, 2.05) is 24.5 Å². The van der Waals surface area contributed by atoms with Crippen LogP contribution in [0.2, 0.25) is 5.02 Å². The number of anilines is 1. The minimum Gasteiger partial charge on any atom is -0.484 e. The highest BCUT2D eigenvalue weighted by molar-refractivity contribution is 7.98. The molecule has 26 heavy (non-hydrogen) atoms. The first kappa shape index (κ1) is 20.1. The summed E-state index contributed by atoms with van der Waals surface area (Å²) in [5.41, 5.74) is 0.589. The number of rotatable bonds is 9. The largest absolute Gasteiger partial charge is 0.484 e. The van der Waals surface area contributed by atoms with Crippen molar-refractivity contribution in [2.24, 2.45) is 0 Å². The van der Waals surface area contributed by atoms with Gasteiger partial charge in [-0.3, -0.25) is 9.59 Å². The van der Waals surface area contributed by atoms with Gasteiger partial charge < -0.3 is 15.4 Å². The van der Waals surface area contributed by atoms with Gasteiger partial charge in [0.25, 0.3) is 5.91 Å². The van der Waals surface area contributed by atoms with Crippen LogP contribution in [0.5, 0.6) is 5.75 Å². The van der Waals surface area contributed by atoms with Crippen LogP contribution in [0.1, 0.15) is 6.42 Å². The number of halogens is 1. The van der Waals surface area contributed by atoms with E-state index in [1.165, 1.54) is 0 Å². The summed E-state index contributed by atoms with van der Waals surface area (Å²) in [5, 5.41) is 6.05. The highest BCUT2D eigenvalue weighted by Gasteiger charge is 2.21. The number of hydrogen-bond acceptors (Lipinski definition) is 4. The van der Waals surface area contributed by atoms with Crippen LogP contribution in [-0.2, 0) is 9.59 Å². The van der Waals surface area contributed by atoms with Crippen molar-refractivity contribution in [3.05, 3.63) is 59.6 Å². The highest BCUT2D eigenvalue weighted by Crippen LogP contribution is 2.15. The van der Waals surface area contributed by atoms with Crippen molar-refractivity contribution in [3.8, 4) is 5.75 Å². The Hall–Kier alpha value is -2.18. The van der Waals surface area contributed by atoms with Crippen LogP contribution in [0, 0.1) is 0 Å². The molecule has 0 bridgehead atoms. The Labute approximate surface area is 162 Å². The van der Waals surface area contributed by atoms with Gasteiger partial charge in [-0.15, -0.1) is 0 Å². The minimum absolute atomic E-state index is 0.149. The summed E-state index contributed by atoms with van der Waals surface area (Å²) >= 11 is 7.54. The number of carbonyl (C=O) groups excluding carboxylic acids is 2. The maximum absolute atomic E-state index is 12.5. The number of hydrogen-bond donors (Lipinski definition) is 2. The SMILES string of the molecule is CSCCC(NC(=O)COc1ccccc1)C(=O)Nc1cccc(Cl)c1.